The van der Waals surface area contributed by atoms with Gasteiger partial charge in [-0.3, -0.25) is 9.97 Å². The van der Waals surface area contributed by atoms with Gasteiger partial charge in [0.2, 0.25) is 0 Å². The van der Waals surface area contributed by atoms with Crippen LogP contribution in [0.15, 0.2) is 231 Å². The third-order valence-electron chi connectivity index (χ3n) is 14.8. The van der Waals surface area contributed by atoms with Gasteiger partial charge in [0.05, 0.1) is 22.2 Å². The summed E-state index contributed by atoms with van der Waals surface area (Å²) < 4.78 is 0. The predicted octanol–water partition coefficient (Wildman–Crippen LogP) is 18.0. The minimum absolute atomic E-state index is 0.676. The number of para-hydroxylation sites is 2. The first-order valence-corrected chi connectivity index (χ1v) is 24.6. The van der Waals surface area contributed by atoms with Crippen molar-refractivity contribution in [3.8, 4) is 67.2 Å². The van der Waals surface area contributed by atoms with Gasteiger partial charge in [-0.2, -0.15) is 0 Å². The molecule has 0 N–H and O–H groups in total. The molecule has 0 saturated carbocycles. The molecule has 72 heavy (non-hydrogen) atoms. The second kappa shape index (κ2) is 16.6. The predicted molar refractivity (Wildman–Crippen MR) is 302 cm³/mol. The summed E-state index contributed by atoms with van der Waals surface area (Å²) in [6.07, 6.45) is 3.75. The van der Waals surface area contributed by atoms with Crippen LogP contribution in [0.25, 0.3) is 143 Å². The van der Waals surface area contributed by atoms with Gasteiger partial charge in [-0.1, -0.05) is 182 Å². The van der Waals surface area contributed by atoms with Crippen molar-refractivity contribution < 1.29 is 0 Å². The third kappa shape index (κ3) is 6.75. The van der Waals surface area contributed by atoms with Crippen LogP contribution in [-0.4, -0.2) is 19.9 Å². The van der Waals surface area contributed by atoms with Crippen LogP contribution in [0.4, 0.5) is 0 Å². The van der Waals surface area contributed by atoms with Crippen LogP contribution in [0.3, 0.4) is 0 Å². The Hall–Kier alpha value is -9.38. The largest absolute Gasteiger partial charge is 0.256 e. The van der Waals surface area contributed by atoms with Gasteiger partial charge >= 0.3 is 0 Å². The maximum atomic E-state index is 5.75. The fourth-order valence-electron chi connectivity index (χ4n) is 11.3. The van der Waals surface area contributed by atoms with Crippen molar-refractivity contribution >= 4 is 75.8 Å². The fourth-order valence-corrected chi connectivity index (χ4v) is 11.3. The lowest BCUT2D eigenvalue weighted by atomic mass is 9.87. The summed E-state index contributed by atoms with van der Waals surface area (Å²) in [6.45, 7) is 4.39. The van der Waals surface area contributed by atoms with E-state index in [0.717, 1.165) is 105 Å². The highest BCUT2D eigenvalue weighted by Crippen LogP contribution is 2.46. The van der Waals surface area contributed by atoms with E-state index in [1.54, 1.807) is 0 Å². The van der Waals surface area contributed by atoms with Crippen LogP contribution in [0.5, 0.6) is 0 Å². The molecule has 3 aromatic heterocycles. The van der Waals surface area contributed by atoms with Crippen LogP contribution in [0, 0.1) is 13.8 Å². The molecule has 0 radical (unpaired) electrons. The number of hydrogen-bond acceptors (Lipinski definition) is 4. The van der Waals surface area contributed by atoms with E-state index >= 15 is 0 Å². The summed E-state index contributed by atoms with van der Waals surface area (Å²) in [5.41, 5.74) is 16.8. The lowest BCUT2D eigenvalue weighted by Crippen LogP contribution is -2.00. The Labute approximate surface area is 416 Å². The van der Waals surface area contributed by atoms with Gasteiger partial charge in [0.25, 0.3) is 0 Å². The molecular weight excluding hydrogens is 873 g/mol. The van der Waals surface area contributed by atoms with Crippen LogP contribution in [0.1, 0.15) is 11.1 Å². The summed E-state index contributed by atoms with van der Waals surface area (Å²) in [4.78, 5) is 21.1. The molecule has 14 aromatic rings. The Balaban J connectivity index is 1.09. The Morgan fingerprint density at radius 2 is 0.750 bits per heavy atom. The maximum Gasteiger partial charge on any atom is 0.160 e. The Morgan fingerprint density at radius 3 is 1.33 bits per heavy atom. The van der Waals surface area contributed by atoms with E-state index in [9.17, 15) is 0 Å². The van der Waals surface area contributed by atoms with Gasteiger partial charge in [-0.25, -0.2) is 9.97 Å². The smallest absolute Gasteiger partial charge is 0.160 e. The third-order valence-corrected chi connectivity index (χ3v) is 14.8. The van der Waals surface area contributed by atoms with E-state index in [2.05, 4.69) is 220 Å². The molecule has 0 aliphatic heterocycles. The van der Waals surface area contributed by atoms with E-state index in [1.807, 2.05) is 24.5 Å². The van der Waals surface area contributed by atoms with Crippen LogP contribution in [-0.2, 0) is 0 Å². The van der Waals surface area contributed by atoms with Crippen molar-refractivity contribution in [1.29, 1.82) is 0 Å². The lowest BCUT2D eigenvalue weighted by molar-refractivity contribution is 1.21. The number of nitrogens with zero attached hydrogens (tertiary/aromatic N) is 4. The van der Waals surface area contributed by atoms with E-state index in [-0.39, 0.29) is 0 Å². The van der Waals surface area contributed by atoms with Crippen molar-refractivity contribution in [2.24, 2.45) is 0 Å². The fraction of sp³-hybridized carbons (Fsp3) is 0.0294. The number of benzene rings is 11. The van der Waals surface area contributed by atoms with Crippen molar-refractivity contribution in [3.05, 3.63) is 242 Å². The monoisotopic (exact) mass is 916 g/mol. The molecule has 0 fully saturated rings. The second-order valence-corrected chi connectivity index (χ2v) is 19.0. The summed E-state index contributed by atoms with van der Waals surface area (Å²) in [5.74, 6) is 0.676. The van der Waals surface area contributed by atoms with Gasteiger partial charge in [0.1, 0.15) is 0 Å². The summed E-state index contributed by atoms with van der Waals surface area (Å²) in [5, 5.41) is 12.9. The molecule has 4 heteroatoms. The Bertz CT molecular complexity index is 4540. The number of fused-ring (bicyclic) bond motifs is 9. The molecule has 0 bridgehead atoms. The average Bonchev–Trinajstić information content (AvgIpc) is 3.44. The topological polar surface area (TPSA) is 51.6 Å². The van der Waals surface area contributed by atoms with Crippen molar-refractivity contribution in [2.75, 3.05) is 0 Å². The van der Waals surface area contributed by atoms with Gasteiger partial charge in [-0.05, 0) is 132 Å². The first-order valence-electron chi connectivity index (χ1n) is 24.6. The maximum absolute atomic E-state index is 5.75. The molecule has 4 nitrogen and oxygen atoms in total. The first-order chi connectivity index (χ1) is 35.5. The minimum atomic E-state index is 0.676. The Kier molecular flexibility index (Phi) is 9.62. The number of hydrogen-bond donors (Lipinski definition) is 0. The van der Waals surface area contributed by atoms with Gasteiger partial charge in [-0.15, -0.1) is 0 Å². The first kappa shape index (κ1) is 41.6. The molecule has 0 unspecified atom stereocenters. The molecule has 0 aliphatic rings. The van der Waals surface area contributed by atoms with Crippen LogP contribution in [0.2, 0.25) is 0 Å². The summed E-state index contributed by atoms with van der Waals surface area (Å²) in [6, 6.07) is 79.0. The summed E-state index contributed by atoms with van der Waals surface area (Å²) >= 11 is 0. The van der Waals surface area contributed by atoms with Crippen molar-refractivity contribution in [3.63, 3.8) is 0 Å². The van der Waals surface area contributed by atoms with E-state index in [1.165, 1.54) is 43.1 Å². The molecule has 0 aliphatic carbocycles. The summed E-state index contributed by atoms with van der Waals surface area (Å²) in [7, 11) is 0. The zero-order chi connectivity index (χ0) is 47.9. The molecular formula is C68H44N4. The van der Waals surface area contributed by atoms with Crippen LogP contribution < -0.4 is 0 Å². The average molecular weight is 917 g/mol. The number of aromatic nitrogens is 4. The Morgan fingerprint density at radius 1 is 0.264 bits per heavy atom. The second-order valence-electron chi connectivity index (χ2n) is 19.0. The normalized spacial score (nSPS) is 11.8. The molecule has 0 atom stereocenters. The zero-order valence-electron chi connectivity index (χ0n) is 39.7. The van der Waals surface area contributed by atoms with E-state index in [0.29, 0.717) is 5.82 Å². The standard InChI is InChI=1S/C68H44N4/c1-41-35-47(54-27-11-17-43-19-13-33-69-64(43)54)29-31-50(41)66-63-40-49(60-37-45-15-3-5-21-52(45)56-23-7-9-25-58(56)60)39-62(61-38-46-16-4-6-22-53(46)57-24-8-10-26-59(57)61)67(63)72-68(71-66)51-32-30-48(36-42(51)2)55-28-12-18-44-20-14-34-70-65(44)55/h3-40H,1-2H3. The highest BCUT2D eigenvalue weighted by atomic mass is 14.9. The quantitative estimate of drug-likeness (QED) is 0.156. The molecule has 336 valence electrons. The molecule has 3 heterocycles. The molecule has 11 aromatic carbocycles. The van der Waals surface area contributed by atoms with E-state index < -0.39 is 0 Å². The SMILES string of the molecule is Cc1cc(-c2cccc3cccnc23)ccc1-c1nc(-c2ccc(-c3cccc4cccnc34)cc2C)c2cc(-c3cc4ccccc4c4ccccc34)cc(-c3cc4ccccc4c4ccccc34)c2n1. The van der Waals surface area contributed by atoms with Crippen LogP contribution >= 0.6 is 0 Å². The lowest BCUT2D eigenvalue weighted by Gasteiger charge is -2.19. The number of aryl methyl sites for hydroxylation is 2. The highest BCUT2D eigenvalue weighted by Gasteiger charge is 2.23. The number of rotatable bonds is 6. The van der Waals surface area contributed by atoms with Gasteiger partial charge in [0.15, 0.2) is 5.82 Å². The van der Waals surface area contributed by atoms with Crippen molar-refractivity contribution in [2.45, 2.75) is 13.8 Å². The van der Waals surface area contributed by atoms with Crippen molar-refractivity contribution in [1.82, 2.24) is 19.9 Å². The molecule has 0 saturated heterocycles. The molecule has 0 spiro atoms. The molecule has 0 amide bonds. The van der Waals surface area contributed by atoms with E-state index in [4.69, 9.17) is 19.9 Å². The minimum Gasteiger partial charge on any atom is -0.256 e. The zero-order valence-corrected chi connectivity index (χ0v) is 39.7. The molecule has 14 rings (SSSR count). The van der Waals surface area contributed by atoms with Gasteiger partial charge < -0.3 is 0 Å². The highest BCUT2D eigenvalue weighted by molar-refractivity contribution is 6.19. The van der Waals surface area contributed by atoms with Gasteiger partial charge in [0, 0.05) is 56.4 Å². The number of pyridine rings is 2.